The van der Waals surface area contributed by atoms with Gasteiger partial charge in [0.05, 0.1) is 0 Å². The Kier molecular flexibility index (Phi) is 5.82. The first-order valence-corrected chi connectivity index (χ1v) is 11.4. The highest BCUT2D eigenvalue weighted by atomic mass is 16.5. The number of piperidine rings is 1. The predicted molar refractivity (Wildman–Crippen MR) is 110 cm³/mol. The third-order valence-electron chi connectivity index (χ3n) is 7.33. The largest absolute Gasteiger partial charge is 0.360 e. The number of nitrogens with zero attached hydrogens (tertiary/aromatic N) is 3. The van der Waals surface area contributed by atoms with E-state index in [0.717, 1.165) is 62.9 Å². The van der Waals surface area contributed by atoms with Gasteiger partial charge in [-0.05, 0) is 75.8 Å². The lowest BCUT2D eigenvalue weighted by molar-refractivity contribution is 0.0576. The van der Waals surface area contributed by atoms with Gasteiger partial charge in [-0.3, -0.25) is 4.79 Å². The van der Waals surface area contributed by atoms with Crippen LogP contribution in [0.5, 0.6) is 0 Å². The summed E-state index contributed by atoms with van der Waals surface area (Å²) in [4.78, 5) is 18.2. The Balaban J connectivity index is 1.47. The molecule has 3 heterocycles. The van der Waals surface area contributed by atoms with Crippen molar-refractivity contribution in [3.05, 3.63) is 17.0 Å². The molecule has 5 nitrogen and oxygen atoms in total. The molecule has 1 aromatic heterocycles. The molecule has 1 amide bonds. The molecule has 28 heavy (non-hydrogen) atoms. The lowest BCUT2D eigenvalue weighted by Crippen LogP contribution is -2.45. The smallest absolute Gasteiger partial charge is 0.276 e. The van der Waals surface area contributed by atoms with Crippen LogP contribution >= 0.6 is 0 Å². The minimum atomic E-state index is 0.116. The van der Waals surface area contributed by atoms with Crippen molar-refractivity contribution < 1.29 is 9.32 Å². The summed E-state index contributed by atoms with van der Waals surface area (Å²) in [5.41, 5.74) is 1.95. The number of likely N-dealkylation sites (tertiary alicyclic amines) is 2. The van der Waals surface area contributed by atoms with Gasteiger partial charge in [-0.2, -0.15) is 0 Å². The fourth-order valence-electron chi connectivity index (χ4n) is 5.35. The van der Waals surface area contributed by atoms with E-state index in [1.807, 2.05) is 0 Å². The third kappa shape index (κ3) is 4.14. The maximum atomic E-state index is 13.5. The number of aryl methyl sites for hydroxylation is 1. The second kappa shape index (κ2) is 8.17. The zero-order valence-electron chi connectivity index (χ0n) is 18.0. The van der Waals surface area contributed by atoms with E-state index >= 15 is 0 Å². The fraction of sp³-hybridized carbons (Fsp3) is 0.826. The normalized spacial score (nSPS) is 26.5. The molecule has 0 bridgehead atoms. The highest BCUT2D eigenvalue weighted by Crippen LogP contribution is 2.39. The van der Waals surface area contributed by atoms with Crippen LogP contribution < -0.4 is 0 Å². The molecule has 0 aromatic carbocycles. The fourth-order valence-corrected chi connectivity index (χ4v) is 5.35. The van der Waals surface area contributed by atoms with Crippen LogP contribution in [0.2, 0.25) is 0 Å². The molecule has 0 N–H and O–H groups in total. The van der Waals surface area contributed by atoms with Crippen molar-refractivity contribution in [2.75, 3.05) is 26.2 Å². The zero-order chi connectivity index (χ0) is 19.7. The third-order valence-corrected chi connectivity index (χ3v) is 7.33. The van der Waals surface area contributed by atoms with Crippen LogP contribution in [0, 0.1) is 11.3 Å². The maximum absolute atomic E-state index is 13.5. The summed E-state index contributed by atoms with van der Waals surface area (Å²) in [5.74, 6) is 1.65. The minimum Gasteiger partial charge on any atom is -0.360 e. The van der Waals surface area contributed by atoms with E-state index in [1.165, 1.54) is 32.4 Å². The van der Waals surface area contributed by atoms with E-state index in [1.54, 1.807) is 0 Å². The number of carbonyl (C=O) groups excluding carboxylic acids is 1. The van der Waals surface area contributed by atoms with Gasteiger partial charge in [0, 0.05) is 31.1 Å². The van der Waals surface area contributed by atoms with Crippen molar-refractivity contribution >= 4 is 5.91 Å². The van der Waals surface area contributed by atoms with Crippen molar-refractivity contribution in [1.82, 2.24) is 15.0 Å². The molecule has 2 aliphatic heterocycles. The standard InChI is InChI=1S/C23H37N3O2/c1-23(2,3)17-9-10-20-19(16-17)21(24-28-20)22(27)26-14-5-4-8-18(26)11-15-25-12-6-7-13-25/h17-18H,4-16H2,1-3H3/t17-,18-/m1/s1. The van der Waals surface area contributed by atoms with E-state index in [4.69, 9.17) is 4.52 Å². The van der Waals surface area contributed by atoms with Gasteiger partial charge in [0.25, 0.3) is 5.91 Å². The number of carbonyl (C=O) groups is 1. The topological polar surface area (TPSA) is 49.6 Å². The Morgan fingerprint density at radius 1 is 1.11 bits per heavy atom. The quantitative estimate of drug-likeness (QED) is 0.773. The number of hydrogen-bond acceptors (Lipinski definition) is 4. The molecular formula is C23H37N3O2. The number of aromatic nitrogens is 1. The van der Waals surface area contributed by atoms with Crippen molar-refractivity contribution in [3.63, 3.8) is 0 Å². The second-order valence-corrected chi connectivity index (χ2v) is 10.2. The Morgan fingerprint density at radius 3 is 2.61 bits per heavy atom. The maximum Gasteiger partial charge on any atom is 0.276 e. The van der Waals surface area contributed by atoms with Gasteiger partial charge in [0.15, 0.2) is 5.69 Å². The molecule has 5 heteroatoms. The molecule has 3 aliphatic rings. The van der Waals surface area contributed by atoms with Crippen molar-refractivity contribution in [3.8, 4) is 0 Å². The Bertz CT molecular complexity index is 685. The molecule has 2 saturated heterocycles. The first kappa shape index (κ1) is 19.9. The van der Waals surface area contributed by atoms with Crippen LogP contribution in [-0.2, 0) is 12.8 Å². The van der Waals surface area contributed by atoms with E-state index in [-0.39, 0.29) is 11.3 Å². The van der Waals surface area contributed by atoms with Crippen LogP contribution in [0.1, 0.15) is 87.5 Å². The van der Waals surface area contributed by atoms with E-state index in [9.17, 15) is 4.79 Å². The molecular weight excluding hydrogens is 350 g/mol. The monoisotopic (exact) mass is 387 g/mol. The van der Waals surface area contributed by atoms with Crippen molar-refractivity contribution in [2.45, 2.75) is 84.6 Å². The molecule has 0 spiro atoms. The molecule has 0 unspecified atom stereocenters. The zero-order valence-corrected chi connectivity index (χ0v) is 18.0. The first-order valence-electron chi connectivity index (χ1n) is 11.4. The number of fused-ring (bicyclic) bond motifs is 1. The lowest BCUT2D eigenvalue weighted by Gasteiger charge is -2.37. The van der Waals surface area contributed by atoms with E-state index < -0.39 is 0 Å². The summed E-state index contributed by atoms with van der Waals surface area (Å²) in [6.45, 7) is 11.4. The van der Waals surface area contributed by atoms with Gasteiger partial charge in [-0.25, -0.2) is 0 Å². The van der Waals surface area contributed by atoms with Crippen molar-refractivity contribution in [2.24, 2.45) is 11.3 Å². The Hall–Kier alpha value is -1.36. The highest BCUT2D eigenvalue weighted by molar-refractivity contribution is 5.94. The van der Waals surface area contributed by atoms with Crippen LogP contribution in [0.25, 0.3) is 0 Å². The summed E-state index contributed by atoms with van der Waals surface area (Å²) in [7, 11) is 0. The van der Waals surface area contributed by atoms with E-state index in [0.29, 0.717) is 17.7 Å². The van der Waals surface area contributed by atoms with Gasteiger partial charge in [0.1, 0.15) is 5.76 Å². The Labute approximate surface area is 169 Å². The minimum absolute atomic E-state index is 0.116. The molecule has 0 saturated carbocycles. The highest BCUT2D eigenvalue weighted by Gasteiger charge is 2.37. The van der Waals surface area contributed by atoms with Gasteiger partial charge >= 0.3 is 0 Å². The average Bonchev–Trinajstić information content (AvgIpc) is 3.34. The molecule has 2 fully saturated rings. The molecule has 0 radical (unpaired) electrons. The lowest BCUT2D eigenvalue weighted by atomic mass is 9.71. The molecule has 2 atom stereocenters. The van der Waals surface area contributed by atoms with E-state index in [2.05, 4.69) is 35.7 Å². The Morgan fingerprint density at radius 2 is 1.86 bits per heavy atom. The summed E-state index contributed by atoms with van der Waals surface area (Å²) < 4.78 is 5.63. The molecule has 4 rings (SSSR count). The first-order chi connectivity index (χ1) is 13.4. The second-order valence-electron chi connectivity index (χ2n) is 10.2. The van der Waals surface area contributed by atoms with Crippen LogP contribution in [0.4, 0.5) is 0 Å². The SMILES string of the molecule is CC(C)(C)[C@@H]1CCc2onc(C(=O)N3CCCC[C@@H]3CCN3CCCC3)c2C1. The number of amides is 1. The van der Waals surface area contributed by atoms with Crippen LogP contribution in [0.15, 0.2) is 4.52 Å². The van der Waals surface area contributed by atoms with Gasteiger partial charge in [-0.15, -0.1) is 0 Å². The predicted octanol–water partition coefficient (Wildman–Crippen LogP) is 4.31. The average molecular weight is 388 g/mol. The number of hydrogen-bond donors (Lipinski definition) is 0. The summed E-state index contributed by atoms with van der Waals surface area (Å²) in [5, 5.41) is 4.28. The molecule has 1 aliphatic carbocycles. The summed E-state index contributed by atoms with van der Waals surface area (Å²) in [6, 6.07) is 0.358. The molecule has 156 valence electrons. The summed E-state index contributed by atoms with van der Waals surface area (Å²) >= 11 is 0. The van der Waals surface area contributed by atoms with Crippen LogP contribution in [0.3, 0.4) is 0 Å². The van der Waals surface area contributed by atoms with Crippen LogP contribution in [-0.4, -0.2) is 53.1 Å². The van der Waals surface area contributed by atoms with Gasteiger partial charge in [0.2, 0.25) is 0 Å². The van der Waals surface area contributed by atoms with Gasteiger partial charge in [-0.1, -0.05) is 25.9 Å². The molecule has 1 aromatic rings. The van der Waals surface area contributed by atoms with Crippen molar-refractivity contribution in [1.29, 1.82) is 0 Å². The van der Waals surface area contributed by atoms with Gasteiger partial charge < -0.3 is 14.3 Å². The summed E-state index contributed by atoms with van der Waals surface area (Å²) in [6.07, 6.45) is 10.2. The number of rotatable bonds is 4.